The Labute approximate surface area is 135 Å². The Morgan fingerprint density at radius 3 is 2.90 bits per heavy atom. The van der Waals surface area contributed by atoms with E-state index in [1.165, 1.54) is 0 Å². The minimum Gasteiger partial charge on any atom is -0.398 e. The lowest BCUT2D eigenvalue weighted by Crippen LogP contribution is -1.94. The molecule has 0 atom stereocenters. The van der Waals surface area contributed by atoms with Gasteiger partial charge in [-0.25, -0.2) is 0 Å². The SMILES string of the molecule is C/C=C\C(=C=C/C=C\CC)CN=Cc1ccc(Br)cc1N. The molecule has 0 fully saturated rings. The molecule has 0 heterocycles. The summed E-state index contributed by atoms with van der Waals surface area (Å²) < 4.78 is 0.970. The van der Waals surface area contributed by atoms with Gasteiger partial charge in [0, 0.05) is 27.5 Å². The molecule has 0 aromatic heterocycles. The number of hydrogen-bond donors (Lipinski definition) is 1. The number of nitrogens with zero attached hydrogens (tertiary/aromatic N) is 1. The summed E-state index contributed by atoms with van der Waals surface area (Å²) in [4.78, 5) is 4.43. The molecular weight excluding hydrogens is 324 g/mol. The van der Waals surface area contributed by atoms with Crippen LogP contribution in [-0.2, 0) is 0 Å². The summed E-state index contributed by atoms with van der Waals surface area (Å²) in [5, 5.41) is 0. The Hall–Kier alpha value is -1.83. The topological polar surface area (TPSA) is 38.4 Å². The Kier molecular flexibility index (Phi) is 8.18. The first-order chi connectivity index (χ1) is 10.2. The predicted molar refractivity (Wildman–Crippen MR) is 96.9 cm³/mol. The third-order valence-electron chi connectivity index (χ3n) is 2.65. The first kappa shape index (κ1) is 17.2. The highest BCUT2D eigenvalue weighted by atomic mass is 79.9. The average molecular weight is 345 g/mol. The zero-order valence-electron chi connectivity index (χ0n) is 12.5. The molecule has 0 bridgehead atoms. The van der Waals surface area contributed by atoms with Gasteiger partial charge >= 0.3 is 0 Å². The average Bonchev–Trinajstić information content (AvgIpc) is 2.45. The number of aliphatic imine (C=N–C) groups is 1. The molecule has 110 valence electrons. The highest BCUT2D eigenvalue weighted by Gasteiger charge is 1.96. The van der Waals surface area contributed by atoms with Crippen LogP contribution in [0.3, 0.4) is 0 Å². The minimum absolute atomic E-state index is 0.580. The molecular formula is C18H21BrN2. The molecule has 0 saturated carbocycles. The second-order valence-corrected chi connectivity index (χ2v) is 5.33. The summed E-state index contributed by atoms with van der Waals surface area (Å²) in [6.45, 7) is 4.67. The number of nitrogens with two attached hydrogens (primary N) is 1. The van der Waals surface area contributed by atoms with E-state index in [9.17, 15) is 0 Å². The fraction of sp³-hybridized carbons (Fsp3) is 0.222. The minimum atomic E-state index is 0.580. The number of anilines is 1. The van der Waals surface area contributed by atoms with Crippen LogP contribution in [0.5, 0.6) is 0 Å². The largest absolute Gasteiger partial charge is 0.398 e. The smallest absolute Gasteiger partial charge is 0.0712 e. The lowest BCUT2D eigenvalue weighted by atomic mass is 10.2. The quantitative estimate of drug-likeness (QED) is 0.332. The maximum absolute atomic E-state index is 5.94. The number of nitrogen functional groups attached to an aromatic ring is 1. The van der Waals surface area contributed by atoms with Crippen molar-refractivity contribution in [3.63, 3.8) is 0 Å². The van der Waals surface area contributed by atoms with Crippen molar-refractivity contribution in [2.45, 2.75) is 20.3 Å². The van der Waals surface area contributed by atoms with Gasteiger partial charge in [0.15, 0.2) is 0 Å². The molecule has 3 heteroatoms. The van der Waals surface area contributed by atoms with E-state index in [2.05, 4.69) is 39.7 Å². The first-order valence-electron chi connectivity index (χ1n) is 6.95. The van der Waals surface area contributed by atoms with Gasteiger partial charge in [-0.15, -0.1) is 5.73 Å². The van der Waals surface area contributed by atoms with Crippen LogP contribution >= 0.6 is 15.9 Å². The molecule has 1 aromatic rings. The van der Waals surface area contributed by atoms with Gasteiger partial charge < -0.3 is 5.73 Å². The summed E-state index contributed by atoms with van der Waals surface area (Å²) in [5.74, 6) is 0. The molecule has 0 aliphatic rings. The Bertz CT molecular complexity index is 604. The molecule has 2 N–H and O–H groups in total. The molecule has 0 aliphatic carbocycles. The van der Waals surface area contributed by atoms with Gasteiger partial charge in [-0.2, -0.15) is 0 Å². The monoisotopic (exact) mass is 344 g/mol. The lowest BCUT2D eigenvalue weighted by molar-refractivity contribution is 1.19. The summed E-state index contributed by atoms with van der Waals surface area (Å²) in [5.41, 5.74) is 11.8. The van der Waals surface area contributed by atoms with Crippen LogP contribution in [-0.4, -0.2) is 12.8 Å². The summed E-state index contributed by atoms with van der Waals surface area (Å²) in [6, 6.07) is 5.77. The zero-order valence-corrected chi connectivity index (χ0v) is 14.1. The predicted octanol–water partition coefficient (Wildman–Crippen LogP) is 5.07. The van der Waals surface area contributed by atoms with Gasteiger partial charge in [-0.3, -0.25) is 4.99 Å². The van der Waals surface area contributed by atoms with Crippen LogP contribution < -0.4 is 5.73 Å². The van der Waals surface area contributed by atoms with E-state index in [0.717, 1.165) is 22.0 Å². The lowest BCUT2D eigenvalue weighted by Gasteiger charge is -2.00. The van der Waals surface area contributed by atoms with Crippen LogP contribution in [0.1, 0.15) is 25.8 Å². The zero-order chi connectivity index (χ0) is 15.5. The van der Waals surface area contributed by atoms with Crippen LogP contribution in [0.25, 0.3) is 0 Å². The van der Waals surface area contributed by atoms with Gasteiger partial charge in [0.25, 0.3) is 0 Å². The number of halogens is 1. The normalized spacial score (nSPS) is 11.4. The van der Waals surface area contributed by atoms with E-state index < -0.39 is 0 Å². The second kappa shape index (κ2) is 9.98. The Balaban J connectivity index is 2.79. The summed E-state index contributed by atoms with van der Waals surface area (Å²) in [7, 11) is 0. The van der Waals surface area contributed by atoms with Crippen molar-refractivity contribution in [2.24, 2.45) is 4.99 Å². The summed E-state index contributed by atoms with van der Waals surface area (Å²) in [6.07, 6.45) is 12.8. The van der Waals surface area contributed by atoms with E-state index in [1.807, 2.05) is 49.4 Å². The van der Waals surface area contributed by atoms with E-state index in [0.29, 0.717) is 12.2 Å². The Morgan fingerprint density at radius 2 is 2.24 bits per heavy atom. The van der Waals surface area contributed by atoms with Crippen molar-refractivity contribution in [1.82, 2.24) is 0 Å². The maximum atomic E-state index is 5.94. The second-order valence-electron chi connectivity index (χ2n) is 4.42. The molecule has 0 aliphatic heterocycles. The van der Waals surface area contributed by atoms with Gasteiger partial charge in [0.2, 0.25) is 0 Å². The first-order valence-corrected chi connectivity index (χ1v) is 7.75. The molecule has 21 heavy (non-hydrogen) atoms. The number of rotatable bonds is 6. The van der Waals surface area contributed by atoms with Crippen molar-refractivity contribution in [3.05, 3.63) is 69.9 Å². The van der Waals surface area contributed by atoms with E-state index in [-0.39, 0.29) is 0 Å². The highest BCUT2D eigenvalue weighted by Crippen LogP contribution is 2.17. The molecule has 1 rings (SSSR count). The van der Waals surface area contributed by atoms with Crippen LogP contribution in [0.15, 0.2) is 69.3 Å². The maximum Gasteiger partial charge on any atom is 0.0712 e. The molecule has 0 spiro atoms. The molecule has 0 saturated heterocycles. The van der Waals surface area contributed by atoms with Crippen molar-refractivity contribution < 1.29 is 0 Å². The van der Waals surface area contributed by atoms with Gasteiger partial charge in [-0.05, 0) is 31.6 Å². The fourth-order valence-electron chi connectivity index (χ4n) is 1.61. The highest BCUT2D eigenvalue weighted by molar-refractivity contribution is 9.10. The van der Waals surface area contributed by atoms with Gasteiger partial charge in [0.05, 0.1) is 6.54 Å². The third-order valence-corrected chi connectivity index (χ3v) is 3.14. The third kappa shape index (κ3) is 6.94. The molecule has 2 nitrogen and oxygen atoms in total. The van der Waals surface area contributed by atoms with Crippen LogP contribution in [0.4, 0.5) is 5.69 Å². The van der Waals surface area contributed by atoms with E-state index in [1.54, 1.807) is 6.21 Å². The fourth-order valence-corrected chi connectivity index (χ4v) is 1.99. The molecule has 1 aromatic carbocycles. The molecule has 0 unspecified atom stereocenters. The number of hydrogen-bond acceptors (Lipinski definition) is 2. The summed E-state index contributed by atoms with van der Waals surface area (Å²) >= 11 is 3.39. The molecule has 0 amide bonds. The van der Waals surface area contributed by atoms with E-state index >= 15 is 0 Å². The Morgan fingerprint density at radius 1 is 1.43 bits per heavy atom. The van der Waals surface area contributed by atoms with Crippen molar-refractivity contribution >= 4 is 27.8 Å². The standard InChI is InChI=1S/C18H21BrN2/c1-3-5-6-7-9-15(8-4-2)13-21-14-16-10-11-17(19)12-18(16)20/h4-8,10-12,14H,3,13,20H2,1-2H3/b6-5-,8-4-,21-14?. The van der Waals surface area contributed by atoms with E-state index in [4.69, 9.17) is 5.73 Å². The number of benzene rings is 1. The molecule has 0 radical (unpaired) electrons. The van der Waals surface area contributed by atoms with Crippen molar-refractivity contribution in [1.29, 1.82) is 0 Å². The van der Waals surface area contributed by atoms with Crippen LogP contribution in [0.2, 0.25) is 0 Å². The van der Waals surface area contributed by atoms with Crippen molar-refractivity contribution in [2.75, 3.05) is 12.3 Å². The van der Waals surface area contributed by atoms with Gasteiger partial charge in [0.1, 0.15) is 0 Å². The number of allylic oxidation sites excluding steroid dienone is 3. The van der Waals surface area contributed by atoms with Crippen LogP contribution in [0, 0.1) is 0 Å². The van der Waals surface area contributed by atoms with Crippen molar-refractivity contribution in [3.8, 4) is 0 Å². The van der Waals surface area contributed by atoms with Gasteiger partial charge in [-0.1, -0.05) is 53.2 Å².